The molecule has 0 aromatic carbocycles. The molecule has 1 aliphatic carbocycles. The molecule has 2 aliphatic rings. The smallest absolute Gasteiger partial charge is 0.0105 e. The lowest BCUT2D eigenvalue weighted by atomic mass is 9.85. The first-order valence-electron chi connectivity index (χ1n) is 5.76. The minimum absolute atomic E-state index is 0.674. The van der Waals surface area contributed by atoms with E-state index in [9.17, 15) is 0 Å². The van der Waals surface area contributed by atoms with Gasteiger partial charge in [-0.1, -0.05) is 15.9 Å². The molecule has 82 valence electrons. The number of rotatable bonds is 3. The molecule has 2 atom stereocenters. The summed E-state index contributed by atoms with van der Waals surface area (Å²) in [7, 11) is 0. The van der Waals surface area contributed by atoms with Gasteiger partial charge in [-0.25, -0.2) is 0 Å². The normalized spacial score (nSPS) is 38.6. The summed E-state index contributed by atoms with van der Waals surface area (Å²) in [4.78, 5) is 2.55. The van der Waals surface area contributed by atoms with E-state index in [1.165, 1.54) is 44.1 Å². The summed E-state index contributed by atoms with van der Waals surface area (Å²) in [5.41, 5.74) is 6.27. The summed E-state index contributed by atoms with van der Waals surface area (Å²) in [6.45, 7) is 4.51. The van der Waals surface area contributed by atoms with Gasteiger partial charge in [0.2, 0.25) is 0 Å². The molecule has 1 saturated carbocycles. The third kappa shape index (κ3) is 2.15. The molecule has 1 heterocycles. The molecule has 3 heteroatoms. The predicted octanol–water partition coefficient (Wildman–Crippen LogP) is 1.83. The summed E-state index contributed by atoms with van der Waals surface area (Å²) < 4.78 is 0. The maximum absolute atomic E-state index is 5.60. The van der Waals surface area contributed by atoms with E-state index in [2.05, 4.69) is 20.8 Å². The van der Waals surface area contributed by atoms with E-state index in [-0.39, 0.29) is 0 Å². The van der Waals surface area contributed by atoms with Crippen molar-refractivity contribution < 1.29 is 0 Å². The Morgan fingerprint density at radius 1 is 1.43 bits per heavy atom. The molecule has 14 heavy (non-hydrogen) atoms. The highest BCUT2D eigenvalue weighted by Crippen LogP contribution is 2.48. The van der Waals surface area contributed by atoms with Crippen LogP contribution in [0.5, 0.6) is 0 Å². The molecule has 1 spiro atoms. The number of hydrogen-bond donors (Lipinski definition) is 1. The standard InChI is InChI=1S/C11H21BrN2/c12-8-10-1-2-11(7-10)3-5-14(9-11)6-4-13/h10H,1-9,13H2/t10-,11+/m1/s1. The molecule has 1 aliphatic heterocycles. The third-order valence-electron chi connectivity index (χ3n) is 3.99. The quantitative estimate of drug-likeness (QED) is 0.785. The predicted molar refractivity (Wildman–Crippen MR) is 63.7 cm³/mol. The van der Waals surface area contributed by atoms with Crippen LogP contribution in [0.3, 0.4) is 0 Å². The van der Waals surface area contributed by atoms with Crippen molar-refractivity contribution in [3.05, 3.63) is 0 Å². The van der Waals surface area contributed by atoms with Crippen molar-refractivity contribution in [1.82, 2.24) is 4.90 Å². The summed E-state index contributed by atoms with van der Waals surface area (Å²) in [5, 5.41) is 1.20. The molecule has 0 amide bonds. The van der Waals surface area contributed by atoms with Crippen LogP contribution in [-0.2, 0) is 0 Å². The highest BCUT2D eigenvalue weighted by molar-refractivity contribution is 9.09. The second kappa shape index (κ2) is 4.50. The van der Waals surface area contributed by atoms with E-state index < -0.39 is 0 Å². The first-order chi connectivity index (χ1) is 6.78. The zero-order valence-electron chi connectivity index (χ0n) is 8.84. The summed E-state index contributed by atoms with van der Waals surface area (Å²) >= 11 is 3.62. The molecule has 0 aromatic heterocycles. The Kier molecular flexibility index (Phi) is 3.50. The Morgan fingerprint density at radius 2 is 2.29 bits per heavy atom. The van der Waals surface area contributed by atoms with Gasteiger partial charge in [0.05, 0.1) is 0 Å². The SMILES string of the molecule is NCCN1CC[C@]2(CC[C@@H](CBr)C2)C1. The van der Waals surface area contributed by atoms with Crippen molar-refractivity contribution in [1.29, 1.82) is 0 Å². The fourth-order valence-corrected chi connectivity index (χ4v) is 3.78. The van der Waals surface area contributed by atoms with Crippen LogP contribution in [0.4, 0.5) is 0 Å². The fourth-order valence-electron chi connectivity index (χ4n) is 3.23. The average molecular weight is 261 g/mol. The van der Waals surface area contributed by atoms with Crippen LogP contribution in [0.25, 0.3) is 0 Å². The third-order valence-corrected chi connectivity index (χ3v) is 4.90. The molecular weight excluding hydrogens is 240 g/mol. The van der Waals surface area contributed by atoms with Crippen LogP contribution in [0.15, 0.2) is 0 Å². The van der Waals surface area contributed by atoms with Crippen LogP contribution < -0.4 is 5.73 Å². The number of nitrogens with zero attached hydrogens (tertiary/aromatic N) is 1. The van der Waals surface area contributed by atoms with Crippen LogP contribution in [0.2, 0.25) is 0 Å². The number of nitrogens with two attached hydrogens (primary N) is 1. The largest absolute Gasteiger partial charge is 0.329 e. The van der Waals surface area contributed by atoms with Gasteiger partial charge in [-0.15, -0.1) is 0 Å². The zero-order chi connectivity index (χ0) is 10.0. The lowest BCUT2D eigenvalue weighted by Crippen LogP contribution is -2.30. The summed E-state index contributed by atoms with van der Waals surface area (Å²) in [5.74, 6) is 0.938. The number of halogens is 1. The van der Waals surface area contributed by atoms with Gasteiger partial charge in [-0.3, -0.25) is 0 Å². The second-order valence-corrected chi connectivity index (χ2v) is 5.73. The molecule has 2 nitrogen and oxygen atoms in total. The first-order valence-corrected chi connectivity index (χ1v) is 6.88. The van der Waals surface area contributed by atoms with E-state index in [4.69, 9.17) is 5.73 Å². The lowest BCUT2D eigenvalue weighted by molar-refractivity contribution is 0.260. The van der Waals surface area contributed by atoms with Gasteiger partial charge in [0.15, 0.2) is 0 Å². The van der Waals surface area contributed by atoms with Crippen molar-refractivity contribution in [2.24, 2.45) is 17.1 Å². The van der Waals surface area contributed by atoms with Crippen LogP contribution in [0.1, 0.15) is 25.7 Å². The van der Waals surface area contributed by atoms with Crippen LogP contribution in [0, 0.1) is 11.3 Å². The average Bonchev–Trinajstić information content (AvgIpc) is 2.76. The van der Waals surface area contributed by atoms with E-state index in [1.54, 1.807) is 0 Å². The van der Waals surface area contributed by atoms with Crippen molar-refractivity contribution in [3.63, 3.8) is 0 Å². The van der Waals surface area contributed by atoms with E-state index >= 15 is 0 Å². The van der Waals surface area contributed by atoms with E-state index in [0.29, 0.717) is 5.41 Å². The molecule has 2 fully saturated rings. The molecule has 0 aromatic rings. The van der Waals surface area contributed by atoms with Crippen molar-refractivity contribution >= 4 is 15.9 Å². The minimum atomic E-state index is 0.674. The number of likely N-dealkylation sites (tertiary alicyclic amines) is 1. The van der Waals surface area contributed by atoms with Crippen LogP contribution in [-0.4, -0.2) is 36.4 Å². The summed E-state index contributed by atoms with van der Waals surface area (Å²) in [6, 6.07) is 0. The van der Waals surface area contributed by atoms with Crippen molar-refractivity contribution in [2.45, 2.75) is 25.7 Å². The zero-order valence-corrected chi connectivity index (χ0v) is 10.4. The Balaban J connectivity index is 1.87. The Hall–Kier alpha value is 0.400. The number of alkyl halides is 1. The highest BCUT2D eigenvalue weighted by Gasteiger charge is 2.43. The van der Waals surface area contributed by atoms with Gasteiger partial charge in [0, 0.05) is 25.0 Å². The molecule has 2 N–H and O–H groups in total. The molecule has 2 rings (SSSR count). The Morgan fingerprint density at radius 3 is 2.93 bits per heavy atom. The van der Waals surface area contributed by atoms with E-state index in [0.717, 1.165) is 19.0 Å². The molecular formula is C11H21BrN2. The van der Waals surface area contributed by atoms with Gasteiger partial charge < -0.3 is 10.6 Å². The van der Waals surface area contributed by atoms with Crippen molar-refractivity contribution in [3.8, 4) is 0 Å². The van der Waals surface area contributed by atoms with Crippen LogP contribution >= 0.6 is 15.9 Å². The minimum Gasteiger partial charge on any atom is -0.329 e. The van der Waals surface area contributed by atoms with Gasteiger partial charge in [0.1, 0.15) is 0 Å². The first kappa shape index (κ1) is 10.9. The lowest BCUT2D eigenvalue weighted by Gasteiger charge is -2.24. The maximum atomic E-state index is 5.60. The van der Waals surface area contributed by atoms with E-state index in [1.807, 2.05) is 0 Å². The number of hydrogen-bond acceptors (Lipinski definition) is 2. The Labute approximate surface area is 95.3 Å². The fraction of sp³-hybridized carbons (Fsp3) is 1.00. The van der Waals surface area contributed by atoms with Gasteiger partial charge in [-0.05, 0) is 43.6 Å². The molecule has 1 saturated heterocycles. The molecule has 0 bridgehead atoms. The summed E-state index contributed by atoms with van der Waals surface area (Å²) in [6.07, 6.45) is 5.74. The topological polar surface area (TPSA) is 29.3 Å². The van der Waals surface area contributed by atoms with Gasteiger partial charge >= 0.3 is 0 Å². The van der Waals surface area contributed by atoms with Gasteiger partial charge in [-0.2, -0.15) is 0 Å². The van der Waals surface area contributed by atoms with Gasteiger partial charge in [0.25, 0.3) is 0 Å². The molecule has 0 radical (unpaired) electrons. The molecule has 0 unspecified atom stereocenters. The van der Waals surface area contributed by atoms with Crippen molar-refractivity contribution in [2.75, 3.05) is 31.5 Å². The second-order valence-electron chi connectivity index (χ2n) is 5.08. The maximum Gasteiger partial charge on any atom is 0.0105 e. The Bertz CT molecular complexity index is 198. The monoisotopic (exact) mass is 260 g/mol. The highest BCUT2D eigenvalue weighted by atomic mass is 79.9.